The van der Waals surface area contributed by atoms with Gasteiger partial charge >= 0.3 is 0 Å². The molecule has 6 nitrogen and oxygen atoms in total. The molecule has 174 valence electrons. The fraction of sp³-hybridized carbons (Fsp3) is 0.320. The van der Waals surface area contributed by atoms with Crippen molar-refractivity contribution in [2.75, 3.05) is 6.61 Å². The lowest BCUT2D eigenvalue weighted by molar-refractivity contribution is -0.123. The van der Waals surface area contributed by atoms with Crippen molar-refractivity contribution in [1.82, 2.24) is 10.4 Å². The van der Waals surface area contributed by atoms with Gasteiger partial charge < -0.3 is 9.84 Å². The van der Waals surface area contributed by atoms with Crippen molar-refractivity contribution in [3.05, 3.63) is 64.6 Å². The summed E-state index contributed by atoms with van der Waals surface area (Å²) >= 11 is 6.36. The molecule has 33 heavy (non-hydrogen) atoms. The minimum atomic E-state index is -0.613. The Morgan fingerprint density at radius 3 is 2.52 bits per heavy atom. The van der Waals surface area contributed by atoms with E-state index in [1.54, 1.807) is 18.2 Å². The van der Waals surface area contributed by atoms with Gasteiger partial charge in [0.1, 0.15) is 11.5 Å². The van der Waals surface area contributed by atoms with Crippen LogP contribution in [0.2, 0.25) is 0 Å². The summed E-state index contributed by atoms with van der Waals surface area (Å²) in [7, 11) is 0. The molecule has 1 aliphatic rings. The van der Waals surface area contributed by atoms with E-state index in [1.807, 2.05) is 24.3 Å². The van der Waals surface area contributed by atoms with Crippen LogP contribution in [0.25, 0.3) is 6.08 Å². The Labute approximate surface area is 204 Å². The van der Waals surface area contributed by atoms with Gasteiger partial charge in [0.2, 0.25) is 0 Å². The summed E-state index contributed by atoms with van der Waals surface area (Å²) in [5, 5.41) is 10.9. The smallest absolute Gasteiger partial charge is 0.285 e. The first kappa shape index (κ1) is 24.8. The molecule has 0 bridgehead atoms. The van der Waals surface area contributed by atoms with E-state index in [0.29, 0.717) is 11.5 Å². The number of thioether (sulfide) groups is 1. The van der Waals surface area contributed by atoms with Crippen molar-refractivity contribution in [1.29, 1.82) is 0 Å². The van der Waals surface area contributed by atoms with Crippen molar-refractivity contribution in [3.63, 3.8) is 0 Å². The van der Waals surface area contributed by atoms with Crippen LogP contribution in [0.1, 0.15) is 61.4 Å². The average molecular weight is 485 g/mol. The SMILES string of the molecule is CCCCCCCCOc1ccc(C=C2SC(=S)N(NC(=O)c3ccccc3O)C2=O)cc1. The van der Waals surface area contributed by atoms with E-state index in [0.717, 1.165) is 34.5 Å². The average Bonchev–Trinajstić information content (AvgIpc) is 3.07. The van der Waals surface area contributed by atoms with Crippen LogP contribution in [0, 0.1) is 0 Å². The number of benzene rings is 2. The first-order chi connectivity index (χ1) is 16.0. The normalized spacial score (nSPS) is 14.7. The number of hydrogen-bond acceptors (Lipinski definition) is 6. The first-order valence-corrected chi connectivity index (χ1v) is 12.3. The number of phenolic OH excluding ortho intramolecular Hbond substituents is 1. The number of para-hydroxylation sites is 1. The maximum Gasteiger partial charge on any atom is 0.285 e. The zero-order valence-corrected chi connectivity index (χ0v) is 20.2. The van der Waals surface area contributed by atoms with Crippen LogP contribution in [0.3, 0.4) is 0 Å². The Balaban J connectivity index is 1.53. The number of hydrogen-bond donors (Lipinski definition) is 2. The predicted molar refractivity (Wildman–Crippen MR) is 136 cm³/mol. The maximum atomic E-state index is 12.8. The molecule has 0 atom stereocenters. The third-order valence-corrected chi connectivity index (χ3v) is 6.40. The van der Waals surface area contributed by atoms with Crippen LogP contribution >= 0.6 is 24.0 Å². The van der Waals surface area contributed by atoms with E-state index in [1.165, 1.54) is 44.2 Å². The summed E-state index contributed by atoms with van der Waals surface area (Å²) in [6, 6.07) is 13.6. The quantitative estimate of drug-likeness (QED) is 0.243. The summed E-state index contributed by atoms with van der Waals surface area (Å²) < 4.78 is 6.02. The lowest BCUT2D eigenvalue weighted by atomic mass is 10.1. The van der Waals surface area contributed by atoms with Gasteiger partial charge in [-0.2, -0.15) is 5.01 Å². The molecule has 2 amide bonds. The monoisotopic (exact) mass is 484 g/mol. The second-order valence-electron chi connectivity index (χ2n) is 7.66. The first-order valence-electron chi connectivity index (χ1n) is 11.1. The third kappa shape index (κ3) is 7.07. The number of nitrogens with one attached hydrogen (secondary N) is 1. The molecule has 0 spiro atoms. The molecule has 0 aromatic heterocycles. The third-order valence-electron chi connectivity index (χ3n) is 5.10. The topological polar surface area (TPSA) is 78.9 Å². The highest BCUT2D eigenvalue weighted by molar-refractivity contribution is 8.26. The molecule has 0 aliphatic carbocycles. The van der Waals surface area contributed by atoms with E-state index in [4.69, 9.17) is 17.0 Å². The van der Waals surface area contributed by atoms with Gasteiger partial charge in [-0.3, -0.25) is 15.0 Å². The highest BCUT2D eigenvalue weighted by Gasteiger charge is 2.34. The molecule has 8 heteroatoms. The summed E-state index contributed by atoms with van der Waals surface area (Å²) in [5.41, 5.74) is 3.36. The Kier molecular flexibility index (Phi) is 9.33. The van der Waals surface area contributed by atoms with E-state index in [2.05, 4.69) is 12.3 Å². The highest BCUT2D eigenvalue weighted by Crippen LogP contribution is 2.32. The summed E-state index contributed by atoms with van der Waals surface area (Å²) in [5.74, 6) is -0.410. The van der Waals surface area contributed by atoms with Crippen LogP contribution in [0.4, 0.5) is 0 Å². The number of amides is 2. The number of thiocarbonyl (C=S) groups is 1. The molecule has 0 radical (unpaired) electrons. The van der Waals surface area contributed by atoms with E-state index in [-0.39, 0.29) is 15.6 Å². The molecular formula is C25H28N2O4S2. The lowest BCUT2D eigenvalue weighted by Crippen LogP contribution is -2.44. The van der Waals surface area contributed by atoms with Gasteiger partial charge in [0, 0.05) is 0 Å². The number of carbonyl (C=O) groups excluding carboxylic acids is 2. The zero-order valence-electron chi connectivity index (χ0n) is 18.6. The Morgan fingerprint density at radius 1 is 1.09 bits per heavy atom. The summed E-state index contributed by atoms with van der Waals surface area (Å²) in [6.45, 7) is 2.91. The van der Waals surface area contributed by atoms with Gasteiger partial charge in [-0.05, 0) is 54.5 Å². The molecule has 0 unspecified atom stereocenters. The Morgan fingerprint density at radius 2 is 1.79 bits per heavy atom. The van der Waals surface area contributed by atoms with E-state index >= 15 is 0 Å². The van der Waals surface area contributed by atoms with Crippen molar-refractivity contribution >= 4 is 46.2 Å². The van der Waals surface area contributed by atoms with E-state index < -0.39 is 11.8 Å². The fourth-order valence-electron chi connectivity index (χ4n) is 3.28. The highest BCUT2D eigenvalue weighted by atomic mass is 32.2. The van der Waals surface area contributed by atoms with Gasteiger partial charge in [-0.25, -0.2) is 0 Å². The van der Waals surface area contributed by atoms with Crippen LogP contribution in [-0.2, 0) is 4.79 Å². The summed E-state index contributed by atoms with van der Waals surface area (Å²) in [4.78, 5) is 25.6. The van der Waals surface area contributed by atoms with Gasteiger partial charge in [0.05, 0.1) is 17.1 Å². The second kappa shape index (κ2) is 12.4. The van der Waals surface area contributed by atoms with Gasteiger partial charge in [-0.15, -0.1) is 0 Å². The van der Waals surface area contributed by atoms with Crippen molar-refractivity contribution in [2.45, 2.75) is 45.4 Å². The minimum absolute atomic E-state index is 0.0621. The van der Waals surface area contributed by atoms with Crippen LogP contribution in [-0.4, -0.2) is 32.9 Å². The zero-order chi connectivity index (χ0) is 23.6. The number of rotatable bonds is 11. The Hall–Kier alpha value is -2.84. The molecule has 2 N–H and O–H groups in total. The number of carbonyl (C=O) groups is 2. The maximum absolute atomic E-state index is 12.8. The van der Waals surface area contributed by atoms with Gasteiger partial charge in [-0.1, -0.05) is 75.1 Å². The van der Waals surface area contributed by atoms with Crippen molar-refractivity contribution in [3.8, 4) is 11.5 Å². The molecule has 2 aromatic carbocycles. The standard InChI is InChI=1S/C25H28N2O4S2/c1-2-3-4-5-6-9-16-31-19-14-12-18(13-15-19)17-22-24(30)27(25(32)33-22)26-23(29)20-10-7-8-11-21(20)28/h7-8,10-15,17,28H,2-6,9,16H2,1H3,(H,26,29). The molecule has 1 heterocycles. The fourth-order valence-corrected chi connectivity index (χ4v) is 4.46. The molecule has 1 saturated heterocycles. The largest absolute Gasteiger partial charge is 0.507 e. The predicted octanol–water partition coefficient (Wildman–Crippen LogP) is 5.68. The summed E-state index contributed by atoms with van der Waals surface area (Å²) in [6.07, 6.45) is 9.03. The number of unbranched alkanes of at least 4 members (excludes halogenated alkanes) is 5. The Bertz CT molecular complexity index is 1020. The second-order valence-corrected chi connectivity index (χ2v) is 9.34. The van der Waals surface area contributed by atoms with Gasteiger partial charge in [0.25, 0.3) is 11.8 Å². The van der Waals surface area contributed by atoms with Crippen molar-refractivity contribution in [2.24, 2.45) is 0 Å². The number of ether oxygens (including phenoxy) is 1. The minimum Gasteiger partial charge on any atom is -0.507 e. The molecular weight excluding hydrogens is 456 g/mol. The van der Waals surface area contributed by atoms with Crippen LogP contribution in [0.5, 0.6) is 11.5 Å². The van der Waals surface area contributed by atoms with Gasteiger partial charge in [0.15, 0.2) is 4.32 Å². The molecule has 1 aliphatic heterocycles. The van der Waals surface area contributed by atoms with Crippen LogP contribution < -0.4 is 10.2 Å². The van der Waals surface area contributed by atoms with E-state index in [9.17, 15) is 14.7 Å². The van der Waals surface area contributed by atoms with Crippen LogP contribution in [0.15, 0.2) is 53.4 Å². The molecule has 2 aromatic rings. The van der Waals surface area contributed by atoms with Crippen molar-refractivity contribution < 1.29 is 19.4 Å². The molecule has 0 saturated carbocycles. The number of aromatic hydroxyl groups is 1. The number of nitrogens with zero attached hydrogens (tertiary/aromatic N) is 1. The number of phenols is 1. The molecule has 1 fully saturated rings. The lowest BCUT2D eigenvalue weighted by Gasteiger charge is -2.16. The molecule has 3 rings (SSSR count). The number of hydrazine groups is 1.